The van der Waals surface area contributed by atoms with Gasteiger partial charge in [0.25, 0.3) is 0 Å². The first kappa shape index (κ1) is 8.23. The number of hydrogen-bond donors (Lipinski definition) is 1. The van der Waals surface area contributed by atoms with E-state index < -0.39 is 0 Å². The van der Waals surface area contributed by atoms with Gasteiger partial charge in [0.2, 0.25) is 0 Å². The van der Waals surface area contributed by atoms with E-state index in [-0.39, 0.29) is 0 Å². The maximum Gasteiger partial charge on any atom is 0.0955 e. The highest BCUT2D eigenvalue weighted by molar-refractivity contribution is 5.81. The summed E-state index contributed by atoms with van der Waals surface area (Å²) in [5, 5.41) is 6.87. The molecule has 3 rings (SSSR count). The van der Waals surface area contributed by atoms with Crippen LogP contribution in [0.1, 0.15) is 0 Å². The van der Waals surface area contributed by atoms with Crippen molar-refractivity contribution < 1.29 is 0 Å². The summed E-state index contributed by atoms with van der Waals surface area (Å²) < 4.78 is 2.01. The Labute approximate surface area is 86.6 Å². The van der Waals surface area contributed by atoms with Crippen molar-refractivity contribution in [2.75, 3.05) is 0 Å². The van der Waals surface area contributed by atoms with Crippen LogP contribution >= 0.6 is 0 Å². The smallest absolute Gasteiger partial charge is 0.0955 e. The molecule has 0 amide bonds. The average Bonchev–Trinajstić information content (AvgIpc) is 2.88. The Morgan fingerprint density at radius 2 is 2.20 bits per heavy atom. The lowest BCUT2D eigenvalue weighted by molar-refractivity contribution is 0.948. The summed E-state index contributed by atoms with van der Waals surface area (Å²) in [6, 6.07) is 8.14. The van der Waals surface area contributed by atoms with Crippen LogP contribution in [0, 0.1) is 0 Å². The van der Waals surface area contributed by atoms with Gasteiger partial charge in [-0.1, -0.05) is 6.07 Å². The maximum atomic E-state index is 4.32. The molecule has 2 aromatic heterocycles. The van der Waals surface area contributed by atoms with Crippen molar-refractivity contribution in [1.82, 2.24) is 19.7 Å². The van der Waals surface area contributed by atoms with Crippen LogP contribution in [0.15, 0.2) is 36.8 Å². The van der Waals surface area contributed by atoms with Gasteiger partial charge in [-0.05, 0) is 18.2 Å². The van der Waals surface area contributed by atoms with Crippen LogP contribution < -0.4 is 0 Å². The van der Waals surface area contributed by atoms with Gasteiger partial charge in [0, 0.05) is 18.8 Å². The quantitative estimate of drug-likeness (QED) is 0.649. The summed E-state index contributed by atoms with van der Waals surface area (Å²) in [6.45, 7) is 0. The molecule has 0 unspecified atom stereocenters. The monoisotopic (exact) mass is 198 g/mol. The summed E-state index contributed by atoms with van der Waals surface area (Å²) in [6.07, 6.45) is 3.57. The Balaban J connectivity index is 2.23. The molecule has 0 bridgehead atoms. The van der Waals surface area contributed by atoms with Gasteiger partial charge >= 0.3 is 0 Å². The first-order valence-corrected chi connectivity index (χ1v) is 4.75. The Morgan fingerprint density at radius 1 is 1.27 bits per heavy atom. The number of fused-ring (bicyclic) bond motifs is 1. The minimum atomic E-state index is 1.00. The molecule has 2 heterocycles. The topological polar surface area (TPSA) is 46.5 Å². The van der Waals surface area contributed by atoms with Crippen molar-refractivity contribution in [2.45, 2.75) is 0 Å². The number of H-pyrrole nitrogens is 1. The molecule has 1 N–H and O–H groups in total. The van der Waals surface area contributed by atoms with Gasteiger partial charge in [-0.25, -0.2) is 4.98 Å². The first-order chi connectivity index (χ1) is 7.34. The summed E-state index contributed by atoms with van der Waals surface area (Å²) in [5.74, 6) is 0. The molecule has 4 heteroatoms. The first-order valence-electron chi connectivity index (χ1n) is 4.75. The molecular weight excluding hydrogens is 188 g/mol. The molecule has 0 radical (unpaired) electrons. The van der Waals surface area contributed by atoms with Gasteiger partial charge in [0.1, 0.15) is 0 Å². The van der Waals surface area contributed by atoms with E-state index in [0.717, 1.165) is 22.3 Å². The van der Waals surface area contributed by atoms with Crippen LogP contribution in [0.2, 0.25) is 0 Å². The molecule has 3 aromatic rings. The normalized spacial score (nSPS) is 11.0. The Bertz CT molecular complexity index is 592. The average molecular weight is 198 g/mol. The highest BCUT2D eigenvalue weighted by Crippen LogP contribution is 2.21. The molecule has 0 fully saturated rings. The molecule has 0 aliphatic carbocycles. The second-order valence-electron chi connectivity index (χ2n) is 3.53. The molecule has 4 nitrogen and oxygen atoms in total. The van der Waals surface area contributed by atoms with Crippen molar-refractivity contribution in [2.24, 2.45) is 7.05 Å². The van der Waals surface area contributed by atoms with Gasteiger partial charge in [-0.2, -0.15) is 5.10 Å². The van der Waals surface area contributed by atoms with Crippen molar-refractivity contribution in [3.63, 3.8) is 0 Å². The molecule has 1 aromatic carbocycles. The van der Waals surface area contributed by atoms with Crippen molar-refractivity contribution in [3.8, 4) is 11.3 Å². The lowest BCUT2D eigenvalue weighted by atomic mass is 10.1. The van der Waals surface area contributed by atoms with Crippen LogP contribution in [0.4, 0.5) is 0 Å². The number of benzene rings is 1. The molecule has 0 saturated heterocycles. The lowest BCUT2D eigenvalue weighted by Crippen LogP contribution is -1.84. The molecule has 0 spiro atoms. The largest absolute Gasteiger partial charge is 0.334 e. The predicted molar refractivity (Wildman–Crippen MR) is 58.3 cm³/mol. The van der Waals surface area contributed by atoms with Crippen molar-refractivity contribution in [1.29, 1.82) is 0 Å². The standard InChI is InChI=1S/C11H10N4/c1-15-7-12-10-6-8(2-3-11(10)15)9-4-5-13-14-9/h2-7H,1H3,(H,13,14). The summed E-state index contributed by atoms with van der Waals surface area (Å²) >= 11 is 0. The van der Waals surface area contributed by atoms with Crippen LogP contribution in [0.5, 0.6) is 0 Å². The van der Waals surface area contributed by atoms with Crippen molar-refractivity contribution >= 4 is 11.0 Å². The third-order valence-electron chi connectivity index (χ3n) is 2.54. The van der Waals surface area contributed by atoms with Gasteiger partial charge in [0.05, 0.1) is 23.1 Å². The van der Waals surface area contributed by atoms with E-state index in [9.17, 15) is 0 Å². The third-order valence-corrected chi connectivity index (χ3v) is 2.54. The summed E-state index contributed by atoms with van der Waals surface area (Å²) in [5.41, 5.74) is 4.27. The molecule has 0 saturated carbocycles. The zero-order valence-electron chi connectivity index (χ0n) is 8.31. The molecule has 74 valence electrons. The van der Waals surface area contributed by atoms with E-state index in [1.807, 2.05) is 24.0 Å². The minimum Gasteiger partial charge on any atom is -0.334 e. The molecule has 0 atom stereocenters. The maximum absolute atomic E-state index is 4.32. The minimum absolute atomic E-state index is 1.00. The van der Waals surface area contributed by atoms with Crippen LogP contribution in [0.3, 0.4) is 0 Å². The second kappa shape index (κ2) is 2.95. The van der Waals surface area contributed by atoms with E-state index in [0.29, 0.717) is 0 Å². The highest BCUT2D eigenvalue weighted by Gasteiger charge is 2.03. The Morgan fingerprint density at radius 3 is 3.00 bits per heavy atom. The van der Waals surface area contributed by atoms with Gasteiger partial charge < -0.3 is 4.57 Å². The number of imidazole rings is 1. The second-order valence-corrected chi connectivity index (χ2v) is 3.53. The summed E-state index contributed by atoms with van der Waals surface area (Å²) in [4.78, 5) is 4.32. The number of hydrogen-bond acceptors (Lipinski definition) is 2. The van der Waals surface area contributed by atoms with E-state index in [1.165, 1.54) is 0 Å². The van der Waals surface area contributed by atoms with E-state index in [1.54, 1.807) is 6.20 Å². The zero-order valence-corrected chi connectivity index (χ0v) is 8.31. The van der Waals surface area contributed by atoms with Crippen molar-refractivity contribution in [3.05, 3.63) is 36.8 Å². The number of aryl methyl sites for hydroxylation is 1. The molecular formula is C11H10N4. The fourth-order valence-corrected chi connectivity index (χ4v) is 1.72. The van der Waals surface area contributed by atoms with Crippen LogP contribution in [0.25, 0.3) is 22.3 Å². The number of nitrogens with one attached hydrogen (secondary N) is 1. The fraction of sp³-hybridized carbons (Fsp3) is 0.0909. The SMILES string of the molecule is Cn1cnc2cc(-c3ccn[nH]3)ccc21. The Hall–Kier alpha value is -2.10. The number of aromatic nitrogens is 4. The van der Waals surface area contributed by atoms with E-state index in [4.69, 9.17) is 0 Å². The van der Waals surface area contributed by atoms with Gasteiger partial charge in [0.15, 0.2) is 0 Å². The molecule has 15 heavy (non-hydrogen) atoms. The lowest BCUT2D eigenvalue weighted by Gasteiger charge is -1.98. The molecule has 0 aliphatic heterocycles. The van der Waals surface area contributed by atoms with Gasteiger partial charge in [-0.15, -0.1) is 0 Å². The summed E-state index contributed by atoms with van der Waals surface area (Å²) in [7, 11) is 1.99. The van der Waals surface area contributed by atoms with E-state index >= 15 is 0 Å². The van der Waals surface area contributed by atoms with E-state index in [2.05, 4.69) is 33.4 Å². The molecule has 0 aliphatic rings. The number of nitrogens with zero attached hydrogens (tertiary/aromatic N) is 3. The number of aromatic amines is 1. The van der Waals surface area contributed by atoms with Crippen LogP contribution in [-0.2, 0) is 7.05 Å². The third kappa shape index (κ3) is 1.22. The van der Waals surface area contributed by atoms with Crippen LogP contribution in [-0.4, -0.2) is 19.7 Å². The predicted octanol–water partition coefficient (Wildman–Crippen LogP) is 1.96. The van der Waals surface area contributed by atoms with Gasteiger partial charge in [-0.3, -0.25) is 5.10 Å². The Kier molecular flexibility index (Phi) is 1.62. The number of rotatable bonds is 1. The zero-order chi connectivity index (χ0) is 10.3. The fourth-order valence-electron chi connectivity index (χ4n) is 1.72. The highest BCUT2D eigenvalue weighted by atomic mass is 15.1.